The lowest BCUT2D eigenvalue weighted by molar-refractivity contribution is -0.150. The molecule has 1 fully saturated rings. The van der Waals surface area contributed by atoms with Gasteiger partial charge in [0.1, 0.15) is 29.4 Å². The maximum absolute atomic E-state index is 13.2. The zero-order valence-electron chi connectivity index (χ0n) is 22.6. The van der Waals surface area contributed by atoms with E-state index in [1.807, 2.05) is 0 Å². The van der Waals surface area contributed by atoms with Gasteiger partial charge in [-0.15, -0.1) is 28.2 Å². The number of hydrogen-bond acceptors (Lipinski definition) is 13. The Morgan fingerprint density at radius 1 is 1.36 bits per heavy atom. The predicted octanol–water partition coefficient (Wildman–Crippen LogP) is 1.72. The molecule has 42 heavy (non-hydrogen) atoms. The number of carbonyl (C=O) groups excluding carboxylic acids is 3. The third kappa shape index (κ3) is 7.16. The Morgan fingerprint density at radius 2 is 2.19 bits per heavy atom. The van der Waals surface area contributed by atoms with E-state index >= 15 is 0 Å². The lowest BCUT2D eigenvalue weighted by Crippen LogP contribution is -2.71. The summed E-state index contributed by atoms with van der Waals surface area (Å²) in [6, 6.07) is -0.989. The third-order valence-corrected chi connectivity index (χ3v) is 9.28. The number of oxime groups is 1. The molecule has 3 N–H and O–H groups in total. The van der Waals surface area contributed by atoms with Crippen LogP contribution in [0.15, 0.2) is 39.6 Å². The second kappa shape index (κ2) is 14.9. The van der Waals surface area contributed by atoms with Gasteiger partial charge in [-0.2, -0.15) is 0 Å². The van der Waals surface area contributed by atoms with E-state index in [-0.39, 0.29) is 34.6 Å². The molecule has 3 amide bonds. The van der Waals surface area contributed by atoms with E-state index in [4.69, 9.17) is 4.84 Å². The number of hydrogen-bond donors (Lipinski definition) is 3. The first-order valence-electron chi connectivity index (χ1n) is 13.0. The molecule has 0 saturated carbocycles. The standard InChI is InChI=1S/C24H29N9O6S3/c1-3-5-6-7-8-32-24(28-30-31-32)42-11-14-10-40-21-17(20(36)33(21)18(14)22(37)38)27-19(35)16(29-39-9-4-2)15-12-41-23(26-15)25-13-34/h4,12-13,17,21H,2-3,5-11H2,1H3,(H,27,35)(H,37,38)(H,25,26,34)/b29-16-/t17?,21-/m1/s1. The van der Waals surface area contributed by atoms with Crippen molar-refractivity contribution < 1.29 is 29.1 Å². The molecule has 0 bridgehead atoms. The highest BCUT2D eigenvalue weighted by Crippen LogP contribution is 2.41. The number of nitrogens with one attached hydrogen (secondary N) is 2. The molecule has 18 heteroatoms. The highest BCUT2D eigenvalue weighted by atomic mass is 32.2. The van der Waals surface area contributed by atoms with Gasteiger partial charge in [0.15, 0.2) is 10.8 Å². The number of carboxylic acids is 1. The Balaban J connectivity index is 1.44. The molecule has 0 aromatic carbocycles. The van der Waals surface area contributed by atoms with E-state index in [1.165, 1.54) is 39.9 Å². The molecule has 1 saturated heterocycles. The van der Waals surface area contributed by atoms with E-state index in [0.717, 1.165) is 37.0 Å². The number of rotatable bonds is 17. The van der Waals surface area contributed by atoms with Crippen LogP contribution in [-0.4, -0.2) is 94.6 Å². The molecule has 0 radical (unpaired) electrons. The first-order chi connectivity index (χ1) is 20.4. The van der Waals surface area contributed by atoms with Gasteiger partial charge in [-0.05, 0) is 22.4 Å². The average Bonchev–Trinajstić information content (AvgIpc) is 3.64. The molecular weight excluding hydrogens is 607 g/mol. The van der Waals surface area contributed by atoms with Crippen LogP contribution in [0, 0.1) is 0 Å². The number of thioether (sulfide) groups is 2. The van der Waals surface area contributed by atoms with Crippen molar-refractivity contribution in [3.05, 3.63) is 35.0 Å². The number of anilines is 1. The lowest BCUT2D eigenvalue weighted by Gasteiger charge is -2.49. The first kappa shape index (κ1) is 31.2. The summed E-state index contributed by atoms with van der Waals surface area (Å²) < 4.78 is 1.71. The maximum atomic E-state index is 13.2. The fourth-order valence-electron chi connectivity index (χ4n) is 4.14. The zero-order chi connectivity index (χ0) is 30.1. The topological polar surface area (TPSA) is 194 Å². The number of β-lactam (4-membered cyclic amide) rings is 1. The van der Waals surface area contributed by atoms with E-state index in [2.05, 4.69) is 49.8 Å². The molecule has 1 unspecified atom stereocenters. The van der Waals surface area contributed by atoms with Crippen LogP contribution >= 0.6 is 34.9 Å². The minimum absolute atomic E-state index is 0.0216. The van der Waals surface area contributed by atoms with E-state index < -0.39 is 29.2 Å². The second-order valence-electron chi connectivity index (χ2n) is 8.98. The molecule has 2 atom stereocenters. The smallest absolute Gasteiger partial charge is 0.352 e. The molecule has 2 aliphatic rings. The summed E-state index contributed by atoms with van der Waals surface area (Å²) in [6.45, 7) is 6.36. The van der Waals surface area contributed by atoms with Crippen LogP contribution in [0.3, 0.4) is 0 Å². The van der Waals surface area contributed by atoms with Gasteiger partial charge in [-0.25, -0.2) is 14.5 Å². The molecule has 0 spiro atoms. The van der Waals surface area contributed by atoms with Gasteiger partial charge < -0.3 is 20.6 Å². The number of thiazole rings is 1. The Bertz CT molecular complexity index is 1390. The summed E-state index contributed by atoms with van der Waals surface area (Å²) in [5.74, 6) is -1.91. The summed E-state index contributed by atoms with van der Waals surface area (Å²) in [6.07, 6.45) is 6.15. The number of aliphatic carboxylic acids is 1. The normalized spacial score (nSPS) is 18.3. The average molecular weight is 636 g/mol. The minimum Gasteiger partial charge on any atom is -0.477 e. The number of tetrazole rings is 1. The van der Waals surface area contributed by atoms with Crippen LogP contribution < -0.4 is 10.6 Å². The minimum atomic E-state index is -1.23. The summed E-state index contributed by atoms with van der Waals surface area (Å²) in [5, 5.41) is 32.4. The summed E-state index contributed by atoms with van der Waals surface area (Å²) in [5.41, 5.74) is 0.378. The Kier molecular flexibility index (Phi) is 11.1. The molecule has 2 aromatic heterocycles. The van der Waals surface area contributed by atoms with Crippen molar-refractivity contribution in [1.29, 1.82) is 0 Å². The Labute approximate surface area is 253 Å². The second-order valence-corrected chi connectivity index (χ2v) is 11.9. The van der Waals surface area contributed by atoms with Gasteiger partial charge in [0, 0.05) is 23.4 Å². The van der Waals surface area contributed by atoms with Crippen LogP contribution in [0.25, 0.3) is 0 Å². The number of carboxylic acid groups (broad SMARTS) is 1. The highest BCUT2D eigenvalue weighted by Gasteiger charge is 2.54. The number of nitrogens with zero attached hydrogens (tertiary/aromatic N) is 7. The van der Waals surface area contributed by atoms with Crippen molar-refractivity contribution in [2.75, 3.05) is 23.4 Å². The Morgan fingerprint density at radius 3 is 2.93 bits per heavy atom. The van der Waals surface area contributed by atoms with Crippen molar-refractivity contribution in [1.82, 2.24) is 35.4 Å². The fourth-order valence-corrected chi connectivity index (χ4v) is 7.19. The molecule has 4 heterocycles. The lowest BCUT2D eigenvalue weighted by atomic mass is 10.0. The van der Waals surface area contributed by atoms with Gasteiger partial charge >= 0.3 is 5.97 Å². The van der Waals surface area contributed by atoms with Crippen molar-refractivity contribution in [3.8, 4) is 0 Å². The van der Waals surface area contributed by atoms with Crippen LogP contribution in [0.1, 0.15) is 38.3 Å². The largest absolute Gasteiger partial charge is 0.477 e. The van der Waals surface area contributed by atoms with Gasteiger partial charge in [-0.3, -0.25) is 19.3 Å². The predicted molar refractivity (Wildman–Crippen MR) is 157 cm³/mol. The van der Waals surface area contributed by atoms with Crippen LogP contribution in [0.2, 0.25) is 0 Å². The summed E-state index contributed by atoms with van der Waals surface area (Å²) in [4.78, 5) is 59.8. The van der Waals surface area contributed by atoms with Crippen LogP contribution in [0.5, 0.6) is 0 Å². The van der Waals surface area contributed by atoms with Crippen molar-refractivity contribution in [3.63, 3.8) is 0 Å². The van der Waals surface area contributed by atoms with Crippen molar-refractivity contribution >= 4 is 69.9 Å². The first-order valence-corrected chi connectivity index (χ1v) is 15.9. The van der Waals surface area contributed by atoms with Crippen molar-refractivity contribution in [2.45, 2.75) is 55.7 Å². The molecule has 0 aliphatic carbocycles. The number of fused-ring (bicyclic) bond motifs is 1. The monoisotopic (exact) mass is 635 g/mol. The molecule has 2 aromatic rings. The van der Waals surface area contributed by atoms with E-state index in [0.29, 0.717) is 29.4 Å². The molecular formula is C24H29N9O6S3. The van der Waals surface area contributed by atoms with Crippen molar-refractivity contribution in [2.24, 2.45) is 5.16 Å². The SMILES string of the molecule is C=CCO/N=C(\C(=O)NC1C(=O)N2C(C(=O)O)=C(CSc3nnnn3CCCCCC)CS[C@H]12)c1csc(NC=O)n1. The Hall–Kier alpha value is -3.77. The molecule has 2 aliphatic heterocycles. The molecule has 15 nitrogen and oxygen atoms in total. The number of amides is 3. The number of aromatic nitrogens is 5. The fraction of sp³-hybridized carbons (Fsp3) is 0.458. The van der Waals surface area contributed by atoms with Crippen LogP contribution in [0.4, 0.5) is 5.13 Å². The molecule has 224 valence electrons. The summed E-state index contributed by atoms with van der Waals surface area (Å²) >= 11 is 3.74. The third-order valence-electron chi connectivity index (χ3n) is 6.13. The zero-order valence-corrected chi connectivity index (χ0v) is 25.0. The van der Waals surface area contributed by atoms with Gasteiger partial charge in [-0.1, -0.05) is 55.8 Å². The molecule has 4 rings (SSSR count). The van der Waals surface area contributed by atoms with Gasteiger partial charge in [0.2, 0.25) is 11.6 Å². The number of unbranched alkanes of at least 4 members (excludes halogenated alkanes) is 3. The highest BCUT2D eigenvalue weighted by molar-refractivity contribution is 8.01. The van der Waals surface area contributed by atoms with E-state index in [1.54, 1.807) is 4.68 Å². The quantitative estimate of drug-likeness (QED) is 0.0434. The van der Waals surface area contributed by atoms with E-state index in [9.17, 15) is 24.3 Å². The van der Waals surface area contributed by atoms with Crippen LogP contribution in [-0.2, 0) is 30.6 Å². The number of aryl methyl sites for hydroxylation is 1. The maximum Gasteiger partial charge on any atom is 0.352 e. The van der Waals surface area contributed by atoms with Gasteiger partial charge in [0.05, 0.1) is 0 Å². The summed E-state index contributed by atoms with van der Waals surface area (Å²) in [7, 11) is 0. The van der Waals surface area contributed by atoms with Gasteiger partial charge in [0.25, 0.3) is 11.8 Å². The number of carbonyl (C=O) groups is 4.